The largest absolute Gasteiger partial charge is 0.443 e. The SMILES string of the molecule is Cn1cc(-c2cnn3c(N(CC4CCCC4)C(=O)OC(C)(C)C)cc(C4CCCNC4)nc23)cn1. The molecule has 4 heterocycles. The maximum atomic E-state index is 13.6. The molecule has 1 amide bonds. The van der Waals surface area contributed by atoms with Gasteiger partial charge in [-0.05, 0) is 58.9 Å². The van der Waals surface area contributed by atoms with Gasteiger partial charge in [-0.3, -0.25) is 9.58 Å². The molecule has 0 radical (unpaired) electrons. The second kappa shape index (κ2) is 9.60. The predicted molar refractivity (Wildman–Crippen MR) is 136 cm³/mol. The third-order valence-electron chi connectivity index (χ3n) is 7.01. The summed E-state index contributed by atoms with van der Waals surface area (Å²) in [5.41, 5.74) is 3.02. The zero-order chi connectivity index (χ0) is 24.6. The first kappa shape index (κ1) is 23.8. The van der Waals surface area contributed by atoms with Gasteiger partial charge in [0, 0.05) is 49.4 Å². The van der Waals surface area contributed by atoms with Gasteiger partial charge < -0.3 is 10.1 Å². The summed E-state index contributed by atoms with van der Waals surface area (Å²) in [5, 5.41) is 12.6. The molecule has 35 heavy (non-hydrogen) atoms. The van der Waals surface area contributed by atoms with Gasteiger partial charge in [-0.1, -0.05) is 12.8 Å². The number of hydrogen-bond donors (Lipinski definition) is 1. The highest BCUT2D eigenvalue weighted by Gasteiger charge is 2.31. The zero-order valence-electron chi connectivity index (χ0n) is 21.3. The molecule has 1 saturated carbocycles. The fourth-order valence-corrected chi connectivity index (χ4v) is 5.26. The predicted octanol–water partition coefficient (Wildman–Crippen LogP) is 4.53. The third-order valence-corrected chi connectivity index (χ3v) is 7.01. The summed E-state index contributed by atoms with van der Waals surface area (Å²) in [6, 6.07) is 2.06. The number of carbonyl (C=O) groups excluding carboxylic acids is 1. The molecule has 1 saturated heterocycles. The molecule has 188 valence electrons. The summed E-state index contributed by atoms with van der Waals surface area (Å²) < 4.78 is 9.48. The molecule has 1 unspecified atom stereocenters. The van der Waals surface area contributed by atoms with Crippen LogP contribution in [0.3, 0.4) is 0 Å². The Morgan fingerprint density at radius 2 is 1.97 bits per heavy atom. The zero-order valence-corrected chi connectivity index (χ0v) is 21.3. The number of ether oxygens (including phenoxy) is 1. The van der Waals surface area contributed by atoms with E-state index in [2.05, 4.69) is 16.5 Å². The van der Waals surface area contributed by atoms with E-state index in [9.17, 15) is 4.79 Å². The van der Waals surface area contributed by atoms with Crippen molar-refractivity contribution in [2.24, 2.45) is 13.0 Å². The number of aryl methyl sites for hydroxylation is 1. The first-order valence-corrected chi connectivity index (χ1v) is 12.9. The molecule has 5 rings (SSSR count). The Bertz CT molecular complexity index is 1180. The number of carbonyl (C=O) groups is 1. The standard InChI is InChI=1S/C26H37N7O2/c1-26(2,3)35-25(34)32(16-18-8-5-6-9-18)23-12-22(19-10-7-11-27-13-19)30-24-21(15-29-33(23)24)20-14-28-31(4)17-20/h12,14-15,17-19,27H,5-11,13,16H2,1-4H3. The van der Waals surface area contributed by atoms with Gasteiger partial charge in [0.25, 0.3) is 0 Å². The minimum Gasteiger partial charge on any atom is -0.443 e. The molecule has 3 aromatic rings. The second-order valence-electron chi connectivity index (χ2n) is 11.0. The molecule has 1 aliphatic carbocycles. The molecule has 2 fully saturated rings. The smallest absolute Gasteiger partial charge is 0.416 e. The number of aromatic nitrogens is 5. The van der Waals surface area contributed by atoms with Crippen LogP contribution >= 0.6 is 0 Å². The Labute approximate surface area is 206 Å². The van der Waals surface area contributed by atoms with Crippen molar-refractivity contribution in [2.75, 3.05) is 24.5 Å². The maximum absolute atomic E-state index is 13.6. The van der Waals surface area contributed by atoms with E-state index < -0.39 is 5.60 Å². The third kappa shape index (κ3) is 5.19. The molecular weight excluding hydrogens is 442 g/mol. The van der Waals surface area contributed by atoms with Crippen LogP contribution in [0.4, 0.5) is 10.6 Å². The molecule has 0 aromatic carbocycles. The Kier molecular flexibility index (Phi) is 6.53. The summed E-state index contributed by atoms with van der Waals surface area (Å²) in [7, 11) is 1.90. The lowest BCUT2D eigenvalue weighted by atomic mass is 9.95. The number of nitrogens with zero attached hydrogens (tertiary/aromatic N) is 6. The lowest BCUT2D eigenvalue weighted by molar-refractivity contribution is 0.0573. The number of anilines is 1. The van der Waals surface area contributed by atoms with E-state index in [1.807, 2.05) is 46.4 Å². The highest BCUT2D eigenvalue weighted by Crippen LogP contribution is 2.33. The van der Waals surface area contributed by atoms with E-state index in [1.165, 1.54) is 12.8 Å². The van der Waals surface area contributed by atoms with Crippen molar-refractivity contribution in [2.45, 2.75) is 70.8 Å². The molecule has 1 atom stereocenters. The summed E-state index contributed by atoms with van der Waals surface area (Å²) in [5.74, 6) is 1.47. The topological polar surface area (TPSA) is 89.6 Å². The molecule has 3 aromatic heterocycles. The van der Waals surface area contributed by atoms with Crippen LogP contribution in [0.5, 0.6) is 0 Å². The van der Waals surface area contributed by atoms with Crippen molar-refractivity contribution in [3.05, 3.63) is 30.4 Å². The second-order valence-corrected chi connectivity index (χ2v) is 11.0. The molecule has 2 aliphatic rings. The Balaban J connectivity index is 1.64. The number of nitrogens with one attached hydrogen (secondary N) is 1. The van der Waals surface area contributed by atoms with E-state index in [1.54, 1.807) is 14.1 Å². The quantitative estimate of drug-likeness (QED) is 0.578. The van der Waals surface area contributed by atoms with E-state index in [0.29, 0.717) is 12.5 Å². The van der Waals surface area contributed by atoms with Gasteiger partial charge in [-0.15, -0.1) is 0 Å². The molecule has 1 aliphatic heterocycles. The van der Waals surface area contributed by atoms with Crippen molar-refractivity contribution < 1.29 is 9.53 Å². The minimum absolute atomic E-state index is 0.288. The van der Waals surface area contributed by atoms with Crippen molar-refractivity contribution in [3.63, 3.8) is 0 Å². The summed E-state index contributed by atoms with van der Waals surface area (Å²) in [4.78, 5) is 20.5. The van der Waals surface area contributed by atoms with E-state index in [4.69, 9.17) is 14.8 Å². The monoisotopic (exact) mass is 479 g/mol. The van der Waals surface area contributed by atoms with Gasteiger partial charge in [0.1, 0.15) is 11.4 Å². The van der Waals surface area contributed by atoms with Crippen molar-refractivity contribution in [1.29, 1.82) is 0 Å². The molecule has 0 spiro atoms. The molecule has 1 N–H and O–H groups in total. The minimum atomic E-state index is -0.585. The van der Waals surface area contributed by atoms with E-state index >= 15 is 0 Å². The average Bonchev–Trinajstić information content (AvgIpc) is 3.57. The number of rotatable bonds is 5. The number of amides is 1. The van der Waals surface area contributed by atoms with Gasteiger partial charge in [0.15, 0.2) is 5.65 Å². The summed E-state index contributed by atoms with van der Waals surface area (Å²) in [6.07, 6.45) is 12.2. The Hall–Kier alpha value is -2.94. The number of fused-ring (bicyclic) bond motifs is 1. The summed E-state index contributed by atoms with van der Waals surface area (Å²) in [6.45, 7) is 8.27. The van der Waals surface area contributed by atoms with Crippen LogP contribution in [-0.2, 0) is 11.8 Å². The maximum Gasteiger partial charge on any atom is 0.416 e. The molecular formula is C26H37N7O2. The fourth-order valence-electron chi connectivity index (χ4n) is 5.26. The van der Waals surface area contributed by atoms with Crippen LogP contribution in [0.1, 0.15) is 70.9 Å². The van der Waals surface area contributed by atoms with Crippen LogP contribution in [0.2, 0.25) is 0 Å². The summed E-state index contributed by atoms with van der Waals surface area (Å²) >= 11 is 0. The van der Waals surface area contributed by atoms with Gasteiger partial charge in [-0.25, -0.2) is 9.78 Å². The lowest BCUT2D eigenvalue weighted by Crippen LogP contribution is -2.40. The highest BCUT2D eigenvalue weighted by atomic mass is 16.6. The van der Waals surface area contributed by atoms with Crippen LogP contribution in [0.25, 0.3) is 16.8 Å². The van der Waals surface area contributed by atoms with Gasteiger partial charge in [0.2, 0.25) is 0 Å². The van der Waals surface area contributed by atoms with Gasteiger partial charge in [-0.2, -0.15) is 14.7 Å². The average molecular weight is 480 g/mol. The first-order chi connectivity index (χ1) is 16.8. The lowest BCUT2D eigenvalue weighted by Gasteiger charge is -2.30. The molecule has 9 heteroatoms. The van der Waals surface area contributed by atoms with Crippen molar-refractivity contribution in [1.82, 2.24) is 29.7 Å². The number of piperidine rings is 1. The number of hydrogen-bond acceptors (Lipinski definition) is 6. The van der Waals surface area contributed by atoms with Crippen molar-refractivity contribution in [3.8, 4) is 11.1 Å². The Morgan fingerprint density at radius 1 is 1.17 bits per heavy atom. The van der Waals surface area contributed by atoms with Crippen LogP contribution in [0.15, 0.2) is 24.7 Å². The fraction of sp³-hybridized carbons (Fsp3) is 0.615. The molecule has 0 bridgehead atoms. The van der Waals surface area contributed by atoms with Crippen LogP contribution in [-0.4, -0.2) is 55.7 Å². The first-order valence-electron chi connectivity index (χ1n) is 12.9. The van der Waals surface area contributed by atoms with Crippen molar-refractivity contribution >= 4 is 17.6 Å². The normalized spacial score (nSPS) is 19.4. The van der Waals surface area contributed by atoms with Crippen LogP contribution < -0.4 is 10.2 Å². The highest BCUT2D eigenvalue weighted by molar-refractivity contribution is 5.88. The Morgan fingerprint density at radius 3 is 2.63 bits per heavy atom. The van der Waals surface area contributed by atoms with Gasteiger partial charge >= 0.3 is 6.09 Å². The van der Waals surface area contributed by atoms with Crippen LogP contribution in [0, 0.1) is 5.92 Å². The van der Waals surface area contributed by atoms with Gasteiger partial charge in [0.05, 0.1) is 18.1 Å². The van der Waals surface area contributed by atoms with E-state index in [0.717, 1.165) is 67.1 Å². The van der Waals surface area contributed by atoms with E-state index in [-0.39, 0.29) is 12.0 Å². The molecule has 9 nitrogen and oxygen atoms in total.